The standard InChI is InChI=1S/C27H48N2O11/c1-25(2)33-14-16(36-25)18(21-22(24(31-7)32-8)40-27(5,6)39-21)35-23-17(30)20-19(37-26(3,4)38-20)15(34-23)13-29-11-9-28-10-12-29/h15-24,28,30H,9-14H2,1-8H3/t15-,16-,17-,18-,19+,20-,21+,22-,23+/m1/s1. The molecule has 0 aliphatic carbocycles. The third-order valence-electron chi connectivity index (χ3n) is 8.01. The van der Waals surface area contributed by atoms with Crippen LogP contribution in [0.2, 0.25) is 0 Å². The number of piperazine rings is 1. The molecule has 0 saturated carbocycles. The predicted molar refractivity (Wildman–Crippen MR) is 139 cm³/mol. The summed E-state index contributed by atoms with van der Waals surface area (Å²) >= 11 is 0. The first-order valence-corrected chi connectivity index (χ1v) is 14.3. The van der Waals surface area contributed by atoms with Crippen LogP contribution in [0.3, 0.4) is 0 Å². The summed E-state index contributed by atoms with van der Waals surface area (Å²) in [6.07, 6.45) is -7.07. The Morgan fingerprint density at radius 3 is 2.10 bits per heavy atom. The Labute approximate surface area is 236 Å². The van der Waals surface area contributed by atoms with E-state index >= 15 is 0 Å². The van der Waals surface area contributed by atoms with Gasteiger partial charge >= 0.3 is 0 Å². The maximum Gasteiger partial charge on any atom is 0.187 e. The zero-order chi connectivity index (χ0) is 28.9. The van der Waals surface area contributed by atoms with E-state index in [1.54, 1.807) is 14.2 Å². The largest absolute Gasteiger partial charge is 0.385 e. The van der Waals surface area contributed by atoms with E-state index < -0.39 is 78.8 Å². The second-order valence-corrected chi connectivity index (χ2v) is 12.5. The number of aliphatic hydroxyl groups is 1. The van der Waals surface area contributed by atoms with Crippen molar-refractivity contribution in [3.63, 3.8) is 0 Å². The van der Waals surface area contributed by atoms with E-state index in [9.17, 15) is 5.11 Å². The zero-order valence-corrected chi connectivity index (χ0v) is 25.0. The number of rotatable bonds is 9. The first-order chi connectivity index (χ1) is 18.8. The summed E-state index contributed by atoms with van der Waals surface area (Å²) in [6.45, 7) is 15.5. The Bertz CT molecular complexity index is 850. The van der Waals surface area contributed by atoms with Gasteiger partial charge in [0.25, 0.3) is 0 Å². The molecule has 0 aromatic rings. The van der Waals surface area contributed by atoms with E-state index in [0.29, 0.717) is 6.54 Å². The summed E-state index contributed by atoms with van der Waals surface area (Å²) in [5.74, 6) is -2.65. The summed E-state index contributed by atoms with van der Waals surface area (Å²) in [7, 11) is 3.09. The highest BCUT2D eigenvalue weighted by molar-refractivity contribution is 5.00. The minimum absolute atomic E-state index is 0.251. The Hall–Kier alpha value is -0.520. The molecule has 0 amide bonds. The van der Waals surface area contributed by atoms with E-state index in [2.05, 4.69) is 10.2 Å². The van der Waals surface area contributed by atoms with Gasteiger partial charge in [0.2, 0.25) is 0 Å². The quantitative estimate of drug-likeness (QED) is 0.363. The van der Waals surface area contributed by atoms with Crippen LogP contribution in [0.5, 0.6) is 0 Å². The Balaban J connectivity index is 1.42. The molecule has 2 N–H and O–H groups in total. The van der Waals surface area contributed by atoms with Crippen LogP contribution in [0.15, 0.2) is 0 Å². The van der Waals surface area contributed by atoms with Gasteiger partial charge < -0.3 is 57.8 Å². The van der Waals surface area contributed by atoms with Crippen LogP contribution in [0.1, 0.15) is 41.5 Å². The van der Waals surface area contributed by atoms with Crippen LogP contribution in [0.4, 0.5) is 0 Å². The van der Waals surface area contributed by atoms with Crippen molar-refractivity contribution in [2.75, 3.05) is 53.6 Å². The number of hydrogen-bond donors (Lipinski definition) is 2. The third kappa shape index (κ3) is 6.67. The van der Waals surface area contributed by atoms with Gasteiger partial charge in [-0.25, -0.2) is 0 Å². The second kappa shape index (κ2) is 11.9. The van der Waals surface area contributed by atoms with Crippen molar-refractivity contribution < 1.29 is 52.5 Å². The van der Waals surface area contributed by atoms with Gasteiger partial charge in [0, 0.05) is 46.9 Å². The van der Waals surface area contributed by atoms with E-state index in [0.717, 1.165) is 26.2 Å². The number of nitrogens with zero attached hydrogens (tertiary/aromatic N) is 1. The lowest BCUT2D eigenvalue weighted by Gasteiger charge is -2.44. The van der Waals surface area contributed by atoms with Crippen LogP contribution >= 0.6 is 0 Å². The van der Waals surface area contributed by atoms with Gasteiger partial charge in [-0.15, -0.1) is 0 Å². The van der Waals surface area contributed by atoms with Gasteiger partial charge in [0.15, 0.2) is 29.9 Å². The zero-order valence-electron chi connectivity index (χ0n) is 25.0. The highest BCUT2D eigenvalue weighted by Crippen LogP contribution is 2.41. The highest BCUT2D eigenvalue weighted by Gasteiger charge is 2.59. The molecule has 40 heavy (non-hydrogen) atoms. The van der Waals surface area contributed by atoms with Gasteiger partial charge in [0.1, 0.15) is 48.8 Å². The Morgan fingerprint density at radius 1 is 0.850 bits per heavy atom. The molecule has 5 saturated heterocycles. The minimum atomic E-state index is -1.13. The van der Waals surface area contributed by atoms with E-state index in [1.807, 2.05) is 41.5 Å². The topological polar surface area (TPSA) is 128 Å². The fourth-order valence-electron chi connectivity index (χ4n) is 6.32. The third-order valence-corrected chi connectivity index (χ3v) is 8.01. The monoisotopic (exact) mass is 576 g/mol. The number of fused-ring (bicyclic) bond motifs is 1. The van der Waals surface area contributed by atoms with Crippen molar-refractivity contribution in [3.8, 4) is 0 Å². The average molecular weight is 577 g/mol. The minimum Gasteiger partial charge on any atom is -0.385 e. The molecule has 5 heterocycles. The van der Waals surface area contributed by atoms with Gasteiger partial charge in [0.05, 0.1) is 6.61 Å². The molecule has 0 radical (unpaired) electrons. The fourth-order valence-corrected chi connectivity index (χ4v) is 6.32. The summed E-state index contributed by atoms with van der Waals surface area (Å²) in [5, 5.41) is 14.9. The number of aliphatic hydroxyl groups excluding tert-OH is 1. The van der Waals surface area contributed by atoms with E-state index in [-0.39, 0.29) is 6.61 Å². The number of nitrogens with one attached hydrogen (secondary N) is 1. The van der Waals surface area contributed by atoms with Crippen LogP contribution < -0.4 is 5.32 Å². The van der Waals surface area contributed by atoms with Gasteiger partial charge in [-0.05, 0) is 41.5 Å². The van der Waals surface area contributed by atoms with E-state index in [1.165, 1.54) is 0 Å². The Morgan fingerprint density at radius 2 is 1.48 bits per heavy atom. The van der Waals surface area contributed by atoms with Crippen molar-refractivity contribution in [1.82, 2.24) is 10.2 Å². The molecule has 0 aromatic carbocycles. The molecule has 0 unspecified atom stereocenters. The van der Waals surface area contributed by atoms with Crippen molar-refractivity contribution >= 4 is 0 Å². The molecular formula is C27H48N2O11. The maximum atomic E-state index is 11.5. The second-order valence-electron chi connectivity index (χ2n) is 12.5. The van der Waals surface area contributed by atoms with Gasteiger partial charge in [-0.1, -0.05) is 0 Å². The molecule has 232 valence electrons. The molecule has 0 spiro atoms. The molecule has 9 atom stereocenters. The van der Waals surface area contributed by atoms with Gasteiger partial charge in [-0.3, -0.25) is 4.90 Å². The molecule has 0 aromatic heterocycles. The molecular weight excluding hydrogens is 528 g/mol. The SMILES string of the molecule is COC(OC)[C@@H]1OC(C)(C)O[C@H]1[C@H](O[C@@H]1O[C@H](CN2CCNCC2)[C@@H]2OC(C)(C)O[C@@H]2[C@H]1O)[C@H]1COC(C)(C)O1. The summed E-state index contributed by atoms with van der Waals surface area (Å²) in [5.41, 5.74) is 0. The summed E-state index contributed by atoms with van der Waals surface area (Å²) in [4.78, 5) is 2.32. The van der Waals surface area contributed by atoms with Crippen LogP contribution in [0.25, 0.3) is 0 Å². The average Bonchev–Trinajstić information content (AvgIpc) is 3.52. The van der Waals surface area contributed by atoms with Crippen LogP contribution in [-0.2, 0) is 47.4 Å². The highest BCUT2D eigenvalue weighted by atomic mass is 16.8. The molecule has 13 nitrogen and oxygen atoms in total. The fraction of sp³-hybridized carbons (Fsp3) is 1.00. The van der Waals surface area contributed by atoms with Crippen molar-refractivity contribution in [2.24, 2.45) is 0 Å². The normalized spacial score (nSPS) is 41.9. The molecule has 0 bridgehead atoms. The van der Waals surface area contributed by atoms with Crippen LogP contribution in [-0.4, -0.2) is 142 Å². The van der Waals surface area contributed by atoms with Gasteiger partial charge in [-0.2, -0.15) is 0 Å². The molecule has 5 aliphatic rings. The molecule has 5 aliphatic heterocycles. The first kappa shape index (κ1) is 30.9. The van der Waals surface area contributed by atoms with Crippen molar-refractivity contribution in [2.45, 2.75) is 120 Å². The number of methoxy groups -OCH3 is 2. The lowest BCUT2D eigenvalue weighted by atomic mass is 9.97. The van der Waals surface area contributed by atoms with Crippen molar-refractivity contribution in [1.29, 1.82) is 0 Å². The smallest absolute Gasteiger partial charge is 0.187 e. The number of hydrogen-bond acceptors (Lipinski definition) is 13. The number of ether oxygens (including phenoxy) is 10. The van der Waals surface area contributed by atoms with E-state index in [4.69, 9.17) is 47.4 Å². The molecule has 13 heteroatoms. The summed E-state index contributed by atoms with van der Waals surface area (Å²) < 4.78 is 61.5. The Kier molecular flexibility index (Phi) is 9.18. The predicted octanol–water partition coefficient (Wildman–Crippen LogP) is 0.173. The lowest BCUT2D eigenvalue weighted by molar-refractivity contribution is -0.313. The maximum absolute atomic E-state index is 11.5. The lowest BCUT2D eigenvalue weighted by Crippen LogP contribution is -2.62. The summed E-state index contributed by atoms with van der Waals surface area (Å²) in [6, 6.07) is 0. The molecule has 5 fully saturated rings. The van der Waals surface area contributed by atoms with Crippen molar-refractivity contribution in [3.05, 3.63) is 0 Å². The first-order valence-electron chi connectivity index (χ1n) is 14.3. The molecule has 5 rings (SSSR count). The van der Waals surface area contributed by atoms with Crippen LogP contribution in [0, 0.1) is 0 Å².